The number of alkyl halides is 1. The number of nitrogens with zero attached hydrogens (tertiary/aromatic N) is 3. The second-order valence-corrected chi connectivity index (χ2v) is 11.3. The van der Waals surface area contributed by atoms with Gasteiger partial charge in [0.1, 0.15) is 6.04 Å². The van der Waals surface area contributed by atoms with Crippen molar-refractivity contribution in [1.29, 1.82) is 0 Å². The maximum Gasteiger partial charge on any atom is 0.273 e. The molecule has 0 radical (unpaired) electrons. The first-order chi connectivity index (χ1) is 18.7. The van der Waals surface area contributed by atoms with E-state index in [-0.39, 0.29) is 41.0 Å². The molecule has 39 heavy (non-hydrogen) atoms. The lowest BCUT2D eigenvalue weighted by Gasteiger charge is -2.37. The molecule has 3 amide bonds. The summed E-state index contributed by atoms with van der Waals surface area (Å²) in [6, 6.07) is 9.61. The third-order valence-electron chi connectivity index (χ3n) is 8.50. The zero-order valence-electron chi connectivity index (χ0n) is 20.5. The van der Waals surface area contributed by atoms with Crippen molar-refractivity contribution in [3.8, 4) is 0 Å². The summed E-state index contributed by atoms with van der Waals surface area (Å²) in [5.41, 5.74) is -0.00660. The SMILES string of the molecule is O=C(c1ccc(Cl)cc1)[C@H](CCCl)N(C(=O)c1ccc([N+](=O)[O-])cc1)N1C(=O)[C@@H]2[C@H]3C=C[C@@H]([C@@H]4C[C@@H]34)[C@@H]2C1=O. The van der Waals surface area contributed by atoms with Gasteiger partial charge in [0, 0.05) is 34.2 Å². The summed E-state index contributed by atoms with van der Waals surface area (Å²) < 4.78 is 0. The van der Waals surface area contributed by atoms with Crippen LogP contribution in [0.4, 0.5) is 5.69 Å². The third kappa shape index (κ3) is 4.06. The van der Waals surface area contributed by atoms with E-state index >= 15 is 0 Å². The van der Waals surface area contributed by atoms with Crippen molar-refractivity contribution in [1.82, 2.24) is 10.0 Å². The minimum atomic E-state index is -1.28. The van der Waals surface area contributed by atoms with Crippen molar-refractivity contribution in [2.24, 2.45) is 35.5 Å². The quantitative estimate of drug-likeness (QED) is 0.115. The van der Waals surface area contributed by atoms with Crippen molar-refractivity contribution in [3.63, 3.8) is 0 Å². The number of carbonyl (C=O) groups is 4. The van der Waals surface area contributed by atoms with Crippen LogP contribution in [-0.2, 0) is 9.59 Å². The Morgan fingerprint density at radius 3 is 2.00 bits per heavy atom. The van der Waals surface area contributed by atoms with Crippen molar-refractivity contribution in [3.05, 3.63) is 86.9 Å². The van der Waals surface area contributed by atoms with Gasteiger partial charge in [-0.1, -0.05) is 23.8 Å². The topological polar surface area (TPSA) is 118 Å². The molecular formula is C28H23Cl2N3O6. The summed E-state index contributed by atoms with van der Waals surface area (Å²) in [5.74, 6) is -3.00. The maximum absolute atomic E-state index is 14.0. The normalized spacial score (nSPS) is 28.6. The highest BCUT2D eigenvalue weighted by Gasteiger charge is 2.68. The number of hydrazine groups is 1. The minimum Gasteiger partial charge on any atom is -0.292 e. The highest BCUT2D eigenvalue weighted by atomic mass is 35.5. The molecule has 1 saturated heterocycles. The Morgan fingerprint density at radius 2 is 1.49 bits per heavy atom. The Hall–Kier alpha value is -3.56. The number of allylic oxidation sites excluding steroid dienone is 2. The first-order valence-corrected chi connectivity index (χ1v) is 13.6. The van der Waals surface area contributed by atoms with Crippen molar-refractivity contribution >= 4 is 52.4 Å². The highest BCUT2D eigenvalue weighted by molar-refractivity contribution is 6.30. The second-order valence-electron chi connectivity index (χ2n) is 10.5. The molecule has 0 aromatic heterocycles. The summed E-state index contributed by atoms with van der Waals surface area (Å²) in [4.78, 5) is 66.3. The fourth-order valence-electron chi connectivity index (χ4n) is 6.66. The zero-order valence-corrected chi connectivity index (χ0v) is 22.0. The Labute approximate surface area is 233 Å². The van der Waals surface area contributed by atoms with Crippen LogP contribution in [0.25, 0.3) is 0 Å². The molecule has 3 fully saturated rings. The highest BCUT2D eigenvalue weighted by Crippen LogP contribution is 2.65. The number of amides is 3. The largest absolute Gasteiger partial charge is 0.292 e. The Kier molecular flexibility index (Phi) is 6.31. The van der Waals surface area contributed by atoms with E-state index in [1.54, 1.807) is 0 Å². The number of halogens is 2. The van der Waals surface area contributed by atoms with Crippen molar-refractivity contribution < 1.29 is 24.1 Å². The van der Waals surface area contributed by atoms with Gasteiger partial charge < -0.3 is 0 Å². The third-order valence-corrected chi connectivity index (χ3v) is 8.97. The average molecular weight is 568 g/mol. The van der Waals surface area contributed by atoms with Crippen LogP contribution in [0.5, 0.6) is 0 Å². The van der Waals surface area contributed by atoms with Crippen LogP contribution in [0.3, 0.4) is 0 Å². The number of benzene rings is 2. The van der Waals surface area contributed by atoms with Gasteiger partial charge in [-0.05, 0) is 72.9 Å². The van der Waals surface area contributed by atoms with Crippen LogP contribution < -0.4 is 0 Å². The number of rotatable bonds is 8. The summed E-state index contributed by atoms with van der Waals surface area (Å²) in [6.45, 7) is 0. The summed E-state index contributed by atoms with van der Waals surface area (Å²) in [6.07, 6.45) is 4.98. The molecule has 11 heteroatoms. The number of Topliss-reactive ketones (excluding diaryl/α,β-unsaturated/α-hetero) is 1. The lowest BCUT2D eigenvalue weighted by Crippen LogP contribution is -2.57. The molecule has 1 heterocycles. The minimum absolute atomic E-state index is 0.0107. The van der Waals surface area contributed by atoms with Gasteiger partial charge in [0.15, 0.2) is 5.78 Å². The lowest BCUT2D eigenvalue weighted by molar-refractivity contribution is -0.384. The van der Waals surface area contributed by atoms with E-state index in [0.29, 0.717) is 16.9 Å². The lowest BCUT2D eigenvalue weighted by atomic mass is 9.63. The molecule has 2 aromatic rings. The molecule has 0 spiro atoms. The number of imide groups is 1. The number of hydrogen-bond acceptors (Lipinski definition) is 6. The molecule has 9 nitrogen and oxygen atoms in total. The Balaban J connectivity index is 1.43. The van der Waals surface area contributed by atoms with Crippen molar-refractivity contribution in [2.75, 3.05) is 5.88 Å². The van der Waals surface area contributed by atoms with Gasteiger partial charge in [0.25, 0.3) is 23.4 Å². The van der Waals surface area contributed by atoms with E-state index in [1.165, 1.54) is 36.4 Å². The number of ketones is 1. The van der Waals surface area contributed by atoms with E-state index in [2.05, 4.69) is 0 Å². The smallest absolute Gasteiger partial charge is 0.273 e. The molecule has 5 aliphatic rings. The predicted octanol–water partition coefficient (Wildman–Crippen LogP) is 4.54. The van der Waals surface area contributed by atoms with Crippen LogP contribution >= 0.6 is 23.2 Å². The molecule has 2 bridgehead atoms. The number of nitro benzene ring substituents is 1. The van der Waals surface area contributed by atoms with E-state index in [0.717, 1.165) is 28.6 Å². The van der Waals surface area contributed by atoms with Crippen LogP contribution in [0, 0.1) is 45.6 Å². The molecule has 7 rings (SSSR count). The van der Waals surface area contributed by atoms with Crippen LogP contribution in [0.15, 0.2) is 60.7 Å². The molecule has 0 unspecified atom stereocenters. The molecule has 2 aromatic carbocycles. The standard InChI is InChI=1S/C28H23Cl2N3O6/c29-12-11-22(25(34)14-1-5-16(30)6-2-14)31(26(35)15-3-7-17(8-4-15)33(38)39)32-27(36)23-18-9-10-19(21-13-20(18)21)24(23)28(32)37/h1-10,18-24H,11-13H2/t18-,19-,20-,21-,22-,23-,24+/m0/s1. The first-order valence-electron chi connectivity index (χ1n) is 12.7. The van der Waals surface area contributed by atoms with Crippen LogP contribution in [-0.4, -0.2) is 50.4 Å². The first kappa shape index (κ1) is 25.7. The molecular weight excluding hydrogens is 545 g/mol. The summed E-state index contributed by atoms with van der Waals surface area (Å²) in [5, 5.41) is 13.4. The Morgan fingerprint density at radius 1 is 0.949 bits per heavy atom. The van der Waals surface area contributed by atoms with Gasteiger partial charge in [0.05, 0.1) is 16.8 Å². The van der Waals surface area contributed by atoms with E-state index in [1.807, 2.05) is 12.2 Å². The van der Waals surface area contributed by atoms with E-state index < -0.39 is 46.3 Å². The molecule has 2 saturated carbocycles. The number of carbonyl (C=O) groups excluding carboxylic acids is 4. The summed E-state index contributed by atoms with van der Waals surface area (Å²) in [7, 11) is 0. The van der Waals surface area contributed by atoms with Gasteiger partial charge in [-0.2, -0.15) is 5.01 Å². The second kappa shape index (κ2) is 9.57. The van der Waals surface area contributed by atoms with E-state index in [9.17, 15) is 29.3 Å². The molecule has 4 aliphatic carbocycles. The molecule has 7 atom stereocenters. The zero-order chi connectivity index (χ0) is 27.6. The van der Waals surface area contributed by atoms with E-state index in [4.69, 9.17) is 23.2 Å². The fraction of sp³-hybridized carbons (Fsp3) is 0.357. The molecule has 0 N–H and O–H groups in total. The van der Waals surface area contributed by atoms with Crippen LogP contribution in [0.1, 0.15) is 33.6 Å². The van der Waals surface area contributed by atoms with Crippen LogP contribution in [0.2, 0.25) is 5.02 Å². The van der Waals surface area contributed by atoms with Gasteiger partial charge in [-0.15, -0.1) is 11.6 Å². The molecule has 200 valence electrons. The maximum atomic E-state index is 14.0. The van der Waals surface area contributed by atoms with Gasteiger partial charge in [-0.25, -0.2) is 5.01 Å². The van der Waals surface area contributed by atoms with Crippen molar-refractivity contribution in [2.45, 2.75) is 18.9 Å². The number of hydrogen-bond donors (Lipinski definition) is 0. The fourth-order valence-corrected chi connectivity index (χ4v) is 6.99. The predicted molar refractivity (Wildman–Crippen MR) is 141 cm³/mol. The number of non-ortho nitro benzene ring substituents is 1. The monoisotopic (exact) mass is 567 g/mol. The summed E-state index contributed by atoms with van der Waals surface area (Å²) >= 11 is 12.1. The van der Waals surface area contributed by atoms with Gasteiger partial charge >= 0.3 is 0 Å². The van der Waals surface area contributed by atoms with Gasteiger partial charge in [-0.3, -0.25) is 29.3 Å². The Bertz CT molecular complexity index is 1390. The van der Waals surface area contributed by atoms with Gasteiger partial charge in [0.2, 0.25) is 0 Å². The molecule has 1 aliphatic heterocycles. The number of nitro groups is 1. The average Bonchev–Trinajstić information content (AvgIpc) is 3.72.